The van der Waals surface area contributed by atoms with Gasteiger partial charge in [-0.2, -0.15) is 0 Å². The molecule has 0 atom stereocenters. The molecule has 0 aliphatic heterocycles. The van der Waals surface area contributed by atoms with Crippen LogP contribution in [0.25, 0.3) is 0 Å². The number of hydrogen-bond acceptors (Lipinski definition) is 3. The molecule has 2 rings (SSSR count). The molecule has 0 aliphatic carbocycles. The van der Waals surface area contributed by atoms with Crippen molar-refractivity contribution in [1.29, 1.82) is 0 Å². The van der Waals surface area contributed by atoms with Gasteiger partial charge in [-0.3, -0.25) is 0 Å². The molecule has 2 aromatic rings. The van der Waals surface area contributed by atoms with Crippen molar-refractivity contribution in [2.75, 3.05) is 6.61 Å². The lowest BCUT2D eigenvalue weighted by Crippen LogP contribution is -1.89. The SMILES string of the molecule is C=CCc1cccc(Cl)c1O.OCCCc1cccc(Cl)c1O. The van der Waals surface area contributed by atoms with Gasteiger partial charge in [0.05, 0.1) is 10.0 Å². The molecule has 3 N–H and O–H groups in total. The van der Waals surface area contributed by atoms with Crippen LogP contribution in [0.3, 0.4) is 0 Å². The molecule has 0 spiro atoms. The van der Waals surface area contributed by atoms with Crippen LogP contribution in [0.2, 0.25) is 10.0 Å². The van der Waals surface area contributed by atoms with E-state index in [9.17, 15) is 10.2 Å². The molecule has 0 aliphatic rings. The Bertz CT molecular complexity index is 642. The van der Waals surface area contributed by atoms with Crippen molar-refractivity contribution >= 4 is 23.2 Å². The van der Waals surface area contributed by atoms with E-state index in [1.165, 1.54) is 0 Å². The normalized spacial score (nSPS) is 9.87. The maximum atomic E-state index is 9.41. The number of allylic oxidation sites excluding steroid dienone is 1. The summed E-state index contributed by atoms with van der Waals surface area (Å²) in [6.45, 7) is 3.70. The second kappa shape index (κ2) is 10.2. The van der Waals surface area contributed by atoms with E-state index in [1.54, 1.807) is 36.4 Å². The van der Waals surface area contributed by atoms with E-state index in [1.807, 2.05) is 6.07 Å². The summed E-state index contributed by atoms with van der Waals surface area (Å²) in [5.41, 5.74) is 1.60. The van der Waals surface area contributed by atoms with Gasteiger partial charge in [-0.15, -0.1) is 6.58 Å². The van der Waals surface area contributed by atoms with E-state index in [2.05, 4.69) is 6.58 Å². The summed E-state index contributed by atoms with van der Waals surface area (Å²) in [6, 6.07) is 10.5. The van der Waals surface area contributed by atoms with Crippen LogP contribution in [0.4, 0.5) is 0 Å². The minimum Gasteiger partial charge on any atom is -0.506 e. The molecule has 0 unspecified atom stereocenters. The average Bonchev–Trinajstić information content (AvgIpc) is 2.54. The number of para-hydroxylation sites is 2. The Hall–Kier alpha value is -1.68. The van der Waals surface area contributed by atoms with E-state index in [4.69, 9.17) is 28.3 Å². The van der Waals surface area contributed by atoms with E-state index in [0.29, 0.717) is 29.3 Å². The van der Waals surface area contributed by atoms with Gasteiger partial charge in [0.25, 0.3) is 0 Å². The summed E-state index contributed by atoms with van der Waals surface area (Å²) < 4.78 is 0. The molecule has 0 amide bonds. The molecule has 0 aromatic heterocycles. The second-order valence-electron chi connectivity index (χ2n) is 4.82. The number of aromatic hydroxyl groups is 2. The van der Waals surface area contributed by atoms with Gasteiger partial charge in [0, 0.05) is 6.61 Å². The summed E-state index contributed by atoms with van der Waals surface area (Å²) in [7, 11) is 0. The molecule has 23 heavy (non-hydrogen) atoms. The fraction of sp³-hybridized carbons (Fsp3) is 0.222. The first-order chi connectivity index (χ1) is 11.0. The first-order valence-corrected chi connectivity index (χ1v) is 7.91. The van der Waals surface area contributed by atoms with Crippen molar-refractivity contribution in [1.82, 2.24) is 0 Å². The van der Waals surface area contributed by atoms with Crippen molar-refractivity contribution in [3.63, 3.8) is 0 Å². The Kier molecular flexibility index (Phi) is 8.56. The van der Waals surface area contributed by atoms with Crippen LogP contribution in [-0.4, -0.2) is 21.9 Å². The largest absolute Gasteiger partial charge is 0.506 e. The van der Waals surface area contributed by atoms with Crippen molar-refractivity contribution < 1.29 is 15.3 Å². The van der Waals surface area contributed by atoms with Crippen molar-refractivity contribution in [3.8, 4) is 11.5 Å². The number of aryl methyl sites for hydroxylation is 1. The maximum Gasteiger partial charge on any atom is 0.137 e. The van der Waals surface area contributed by atoms with Gasteiger partial charge in [-0.05, 0) is 42.5 Å². The Labute approximate surface area is 146 Å². The van der Waals surface area contributed by atoms with Crippen molar-refractivity contribution in [2.24, 2.45) is 0 Å². The van der Waals surface area contributed by atoms with E-state index >= 15 is 0 Å². The van der Waals surface area contributed by atoms with Crippen LogP contribution in [0, 0.1) is 0 Å². The van der Waals surface area contributed by atoms with Gasteiger partial charge < -0.3 is 15.3 Å². The molecule has 5 heteroatoms. The number of aliphatic hydroxyl groups excluding tert-OH is 1. The number of rotatable bonds is 5. The summed E-state index contributed by atoms with van der Waals surface area (Å²) in [4.78, 5) is 0. The second-order valence-corrected chi connectivity index (χ2v) is 5.63. The number of phenolic OH excluding ortho intramolecular Hbond substituents is 2. The van der Waals surface area contributed by atoms with Crippen LogP contribution >= 0.6 is 23.2 Å². The highest BCUT2D eigenvalue weighted by Gasteiger charge is 2.03. The molecule has 2 aromatic carbocycles. The Morgan fingerprint density at radius 3 is 1.96 bits per heavy atom. The highest BCUT2D eigenvalue weighted by atomic mass is 35.5. The molecule has 0 saturated carbocycles. The Balaban J connectivity index is 0.000000231. The molecule has 0 saturated heterocycles. The highest BCUT2D eigenvalue weighted by Crippen LogP contribution is 2.28. The van der Waals surface area contributed by atoms with Gasteiger partial charge in [0.15, 0.2) is 0 Å². The molecule has 0 bridgehead atoms. The van der Waals surface area contributed by atoms with Gasteiger partial charge in [0.1, 0.15) is 11.5 Å². The van der Waals surface area contributed by atoms with Crippen LogP contribution in [0.1, 0.15) is 17.5 Å². The number of phenols is 2. The zero-order valence-electron chi connectivity index (χ0n) is 12.7. The maximum absolute atomic E-state index is 9.41. The Morgan fingerprint density at radius 2 is 1.43 bits per heavy atom. The van der Waals surface area contributed by atoms with Gasteiger partial charge in [-0.25, -0.2) is 0 Å². The molecule has 124 valence electrons. The van der Waals surface area contributed by atoms with Crippen LogP contribution < -0.4 is 0 Å². The van der Waals surface area contributed by atoms with Crippen LogP contribution in [0.15, 0.2) is 49.1 Å². The average molecular weight is 355 g/mol. The molecule has 0 radical (unpaired) electrons. The monoisotopic (exact) mass is 354 g/mol. The van der Waals surface area contributed by atoms with Gasteiger partial charge >= 0.3 is 0 Å². The lowest BCUT2D eigenvalue weighted by Gasteiger charge is -2.03. The smallest absolute Gasteiger partial charge is 0.137 e. The minimum atomic E-state index is 0.131. The summed E-state index contributed by atoms with van der Waals surface area (Å²) in [6.07, 6.45) is 3.68. The van der Waals surface area contributed by atoms with Gasteiger partial charge in [-0.1, -0.05) is 53.5 Å². The number of aliphatic hydroxyl groups is 1. The lowest BCUT2D eigenvalue weighted by atomic mass is 10.1. The highest BCUT2D eigenvalue weighted by molar-refractivity contribution is 6.32. The van der Waals surface area contributed by atoms with E-state index in [0.717, 1.165) is 11.1 Å². The predicted molar refractivity (Wildman–Crippen MR) is 95.5 cm³/mol. The number of hydrogen-bond donors (Lipinski definition) is 3. The van der Waals surface area contributed by atoms with E-state index in [-0.39, 0.29) is 18.1 Å². The Morgan fingerprint density at radius 1 is 0.913 bits per heavy atom. The number of halogens is 2. The molecule has 3 nitrogen and oxygen atoms in total. The standard InChI is InChI=1S/C9H11ClO2.C9H9ClO/c10-8-5-1-3-7(9(8)12)4-2-6-11;1-2-4-7-5-3-6-8(10)9(7)11/h1,3,5,11-12H,2,4,6H2;2-3,5-6,11H,1,4H2. The van der Waals surface area contributed by atoms with Crippen molar-refractivity contribution in [2.45, 2.75) is 19.3 Å². The summed E-state index contributed by atoms with van der Waals surface area (Å²) in [5.74, 6) is 0.293. The quantitative estimate of drug-likeness (QED) is 0.679. The molecule has 0 heterocycles. The third kappa shape index (κ3) is 6.14. The first-order valence-electron chi connectivity index (χ1n) is 7.15. The third-order valence-electron chi connectivity index (χ3n) is 3.11. The predicted octanol–water partition coefficient (Wildman–Crippen LogP) is 4.74. The zero-order chi connectivity index (χ0) is 17.2. The van der Waals surface area contributed by atoms with E-state index < -0.39 is 0 Å². The third-order valence-corrected chi connectivity index (χ3v) is 3.72. The van der Waals surface area contributed by atoms with Crippen LogP contribution in [-0.2, 0) is 12.8 Å². The lowest BCUT2D eigenvalue weighted by molar-refractivity contribution is 0.288. The summed E-state index contributed by atoms with van der Waals surface area (Å²) >= 11 is 11.3. The first kappa shape index (κ1) is 19.4. The fourth-order valence-electron chi connectivity index (χ4n) is 1.91. The molecule has 0 fully saturated rings. The zero-order valence-corrected chi connectivity index (χ0v) is 14.2. The van der Waals surface area contributed by atoms with Crippen molar-refractivity contribution in [3.05, 3.63) is 70.2 Å². The van der Waals surface area contributed by atoms with Gasteiger partial charge in [0.2, 0.25) is 0 Å². The molecular formula is C18H20Cl2O3. The topological polar surface area (TPSA) is 60.7 Å². The number of benzene rings is 2. The minimum absolute atomic E-state index is 0.131. The molecular weight excluding hydrogens is 335 g/mol. The fourth-order valence-corrected chi connectivity index (χ4v) is 2.30. The van der Waals surface area contributed by atoms with Crippen LogP contribution in [0.5, 0.6) is 11.5 Å². The summed E-state index contributed by atoms with van der Waals surface area (Å²) in [5, 5.41) is 28.1.